The van der Waals surface area contributed by atoms with Crippen LogP contribution < -0.4 is 15.4 Å². The summed E-state index contributed by atoms with van der Waals surface area (Å²) in [6.45, 7) is 9.05. The van der Waals surface area contributed by atoms with E-state index in [1.807, 2.05) is 6.92 Å². The average molecular weight is 356 g/mol. The van der Waals surface area contributed by atoms with E-state index in [2.05, 4.69) is 43.9 Å². The Morgan fingerprint density at radius 3 is 2.62 bits per heavy atom. The Morgan fingerprint density at radius 1 is 1.19 bits per heavy atom. The maximum Gasteiger partial charge on any atom is 0.143 e. The van der Waals surface area contributed by atoms with Gasteiger partial charge in [0.05, 0.1) is 12.3 Å². The monoisotopic (exact) mass is 355 g/mol. The van der Waals surface area contributed by atoms with Crippen LogP contribution in [0.25, 0.3) is 0 Å². The highest BCUT2D eigenvalue weighted by atomic mass is 79.9. The van der Waals surface area contributed by atoms with E-state index >= 15 is 0 Å². The fourth-order valence-corrected chi connectivity index (χ4v) is 3.05. The van der Waals surface area contributed by atoms with Crippen molar-refractivity contribution in [2.45, 2.75) is 19.8 Å². The largest absolute Gasteiger partial charge is 0.492 e. The van der Waals surface area contributed by atoms with Crippen molar-refractivity contribution < 1.29 is 4.74 Å². The number of hydrogen-bond donors (Lipinski definition) is 1. The van der Waals surface area contributed by atoms with Crippen molar-refractivity contribution in [3.8, 4) is 5.75 Å². The number of hydrogen-bond acceptors (Lipinski definition) is 4. The van der Waals surface area contributed by atoms with E-state index in [0.29, 0.717) is 6.61 Å². The molecule has 21 heavy (non-hydrogen) atoms. The highest BCUT2D eigenvalue weighted by Gasteiger charge is 2.19. The minimum atomic E-state index is 0.697. The Hall–Kier alpha value is -0.780. The number of unbranched alkanes of at least 4 members (excludes halogenated alkanes) is 1. The van der Waals surface area contributed by atoms with Gasteiger partial charge in [-0.15, -0.1) is 0 Å². The van der Waals surface area contributed by atoms with Crippen LogP contribution in [0.5, 0.6) is 5.75 Å². The molecule has 1 aromatic carbocycles. The van der Waals surface area contributed by atoms with Crippen molar-refractivity contribution in [1.82, 2.24) is 4.90 Å². The third kappa shape index (κ3) is 4.87. The number of ether oxygens (including phenoxy) is 1. The smallest absolute Gasteiger partial charge is 0.143 e. The van der Waals surface area contributed by atoms with Gasteiger partial charge >= 0.3 is 0 Å². The first-order valence-corrected chi connectivity index (χ1v) is 8.63. The average Bonchev–Trinajstić information content (AvgIpc) is 2.49. The number of nitrogens with zero attached hydrogens (tertiary/aromatic N) is 2. The topological polar surface area (TPSA) is 41.7 Å². The molecule has 0 atom stereocenters. The quantitative estimate of drug-likeness (QED) is 0.763. The van der Waals surface area contributed by atoms with Crippen LogP contribution in [0, 0.1) is 0 Å². The molecule has 0 unspecified atom stereocenters. The molecule has 118 valence electrons. The zero-order valence-electron chi connectivity index (χ0n) is 12.9. The van der Waals surface area contributed by atoms with Crippen LogP contribution >= 0.6 is 15.9 Å². The second-order valence-electron chi connectivity index (χ2n) is 5.37. The lowest BCUT2D eigenvalue weighted by Gasteiger charge is -2.36. The van der Waals surface area contributed by atoms with Crippen molar-refractivity contribution in [2.24, 2.45) is 5.73 Å². The standard InChI is InChI=1S/C16H26BrN3O/c1-2-21-16-13-14(17)5-6-15(16)20-11-9-19(10-12-20)8-4-3-7-18/h5-6,13H,2-4,7-12,18H2,1H3. The van der Waals surface area contributed by atoms with Crippen molar-refractivity contribution >= 4 is 21.6 Å². The van der Waals surface area contributed by atoms with Gasteiger partial charge in [0.25, 0.3) is 0 Å². The van der Waals surface area contributed by atoms with Crippen LogP contribution in [0.15, 0.2) is 22.7 Å². The van der Waals surface area contributed by atoms with Gasteiger partial charge in [-0.05, 0) is 51.1 Å². The summed E-state index contributed by atoms with van der Waals surface area (Å²) in [5, 5.41) is 0. The Kier molecular flexibility index (Phi) is 6.80. The molecule has 2 rings (SSSR count). The van der Waals surface area contributed by atoms with E-state index < -0.39 is 0 Å². The Morgan fingerprint density at radius 2 is 1.95 bits per heavy atom. The SMILES string of the molecule is CCOc1cc(Br)ccc1N1CCN(CCCCN)CC1. The summed E-state index contributed by atoms with van der Waals surface area (Å²) in [7, 11) is 0. The van der Waals surface area contributed by atoms with Crippen LogP contribution in [0.3, 0.4) is 0 Å². The third-order valence-electron chi connectivity index (χ3n) is 3.86. The lowest BCUT2D eigenvalue weighted by molar-refractivity contribution is 0.252. The first-order chi connectivity index (χ1) is 10.2. The molecule has 1 aliphatic heterocycles. The van der Waals surface area contributed by atoms with Crippen LogP contribution in [0.2, 0.25) is 0 Å². The van der Waals surface area contributed by atoms with Gasteiger partial charge < -0.3 is 15.4 Å². The number of halogens is 1. The summed E-state index contributed by atoms with van der Waals surface area (Å²) in [6.07, 6.45) is 2.33. The van der Waals surface area contributed by atoms with Gasteiger partial charge in [-0.25, -0.2) is 0 Å². The molecule has 1 heterocycles. The predicted octanol–water partition coefficient (Wildman–Crippen LogP) is 2.71. The molecule has 1 aliphatic rings. The lowest BCUT2D eigenvalue weighted by atomic mass is 10.2. The highest BCUT2D eigenvalue weighted by Crippen LogP contribution is 2.32. The summed E-state index contributed by atoms with van der Waals surface area (Å²) in [4.78, 5) is 4.96. The lowest BCUT2D eigenvalue weighted by Crippen LogP contribution is -2.46. The summed E-state index contributed by atoms with van der Waals surface area (Å²) in [5.41, 5.74) is 6.76. The number of piperazine rings is 1. The molecule has 1 saturated heterocycles. The fourth-order valence-electron chi connectivity index (χ4n) is 2.71. The summed E-state index contributed by atoms with van der Waals surface area (Å²) >= 11 is 3.52. The normalized spacial score (nSPS) is 16.2. The summed E-state index contributed by atoms with van der Waals surface area (Å²) in [5.74, 6) is 0.975. The molecule has 0 saturated carbocycles. The summed E-state index contributed by atoms with van der Waals surface area (Å²) in [6, 6.07) is 6.30. The molecule has 2 N–H and O–H groups in total. The first-order valence-electron chi connectivity index (χ1n) is 7.84. The predicted molar refractivity (Wildman–Crippen MR) is 92.3 cm³/mol. The van der Waals surface area contributed by atoms with Crippen molar-refractivity contribution in [3.63, 3.8) is 0 Å². The van der Waals surface area contributed by atoms with Crippen molar-refractivity contribution in [1.29, 1.82) is 0 Å². The maximum absolute atomic E-state index is 5.78. The van der Waals surface area contributed by atoms with Crippen LogP contribution in [0.4, 0.5) is 5.69 Å². The number of benzene rings is 1. The second kappa shape index (κ2) is 8.61. The zero-order valence-corrected chi connectivity index (χ0v) is 14.4. The van der Waals surface area contributed by atoms with Crippen molar-refractivity contribution in [3.05, 3.63) is 22.7 Å². The van der Waals surface area contributed by atoms with E-state index in [-0.39, 0.29) is 0 Å². The molecule has 0 aliphatic carbocycles. The fraction of sp³-hybridized carbons (Fsp3) is 0.625. The summed E-state index contributed by atoms with van der Waals surface area (Å²) < 4.78 is 6.84. The molecule has 4 nitrogen and oxygen atoms in total. The van der Waals surface area contributed by atoms with E-state index in [0.717, 1.165) is 49.4 Å². The van der Waals surface area contributed by atoms with Gasteiger partial charge in [-0.2, -0.15) is 0 Å². The Balaban J connectivity index is 1.92. The van der Waals surface area contributed by atoms with Crippen LogP contribution in [0.1, 0.15) is 19.8 Å². The molecule has 0 amide bonds. The minimum Gasteiger partial charge on any atom is -0.492 e. The van der Waals surface area contributed by atoms with E-state index in [1.165, 1.54) is 18.7 Å². The Bertz CT molecular complexity index is 434. The maximum atomic E-state index is 5.78. The molecule has 5 heteroatoms. The molecule has 1 aromatic rings. The van der Waals surface area contributed by atoms with Gasteiger partial charge in [0.1, 0.15) is 5.75 Å². The Labute approximate surface area is 136 Å². The van der Waals surface area contributed by atoms with Crippen LogP contribution in [-0.2, 0) is 0 Å². The van der Waals surface area contributed by atoms with Crippen LogP contribution in [-0.4, -0.2) is 50.8 Å². The molecule has 0 aromatic heterocycles. The van der Waals surface area contributed by atoms with E-state index in [4.69, 9.17) is 10.5 Å². The molecular formula is C16H26BrN3O. The molecular weight excluding hydrogens is 330 g/mol. The second-order valence-corrected chi connectivity index (χ2v) is 6.29. The minimum absolute atomic E-state index is 0.697. The van der Waals surface area contributed by atoms with E-state index in [9.17, 15) is 0 Å². The van der Waals surface area contributed by atoms with E-state index in [1.54, 1.807) is 0 Å². The molecule has 0 spiro atoms. The van der Waals surface area contributed by atoms with Crippen molar-refractivity contribution in [2.75, 3.05) is 50.8 Å². The number of rotatable bonds is 7. The number of nitrogens with two attached hydrogens (primary N) is 1. The van der Waals surface area contributed by atoms with Gasteiger partial charge in [0.15, 0.2) is 0 Å². The molecule has 0 radical (unpaired) electrons. The zero-order chi connectivity index (χ0) is 15.1. The molecule has 1 fully saturated rings. The third-order valence-corrected chi connectivity index (χ3v) is 4.36. The van der Waals surface area contributed by atoms with Gasteiger partial charge in [0, 0.05) is 30.7 Å². The van der Waals surface area contributed by atoms with Gasteiger partial charge in [-0.3, -0.25) is 4.90 Å². The molecule has 0 bridgehead atoms. The van der Waals surface area contributed by atoms with Gasteiger partial charge in [-0.1, -0.05) is 15.9 Å². The van der Waals surface area contributed by atoms with Gasteiger partial charge in [0.2, 0.25) is 0 Å². The first kappa shape index (κ1) is 16.6. The highest BCUT2D eigenvalue weighted by molar-refractivity contribution is 9.10. The number of anilines is 1.